The summed E-state index contributed by atoms with van der Waals surface area (Å²) in [5.74, 6) is -0.0502. The Balaban J connectivity index is 1.91. The highest BCUT2D eigenvalue weighted by atomic mass is 16.7. The van der Waals surface area contributed by atoms with Gasteiger partial charge in [-0.15, -0.1) is 0 Å². The molecule has 0 fully saturated rings. The van der Waals surface area contributed by atoms with Crippen LogP contribution in [0.25, 0.3) is 0 Å². The molecule has 0 radical (unpaired) electrons. The van der Waals surface area contributed by atoms with Crippen LogP contribution in [0.3, 0.4) is 0 Å². The van der Waals surface area contributed by atoms with Crippen LogP contribution in [0.1, 0.15) is 28.4 Å². The van der Waals surface area contributed by atoms with Gasteiger partial charge in [-0.05, 0) is 36.2 Å². The minimum atomic E-state index is -1.06. The fourth-order valence-corrected chi connectivity index (χ4v) is 3.12. The zero-order valence-electron chi connectivity index (χ0n) is 16.3. The lowest BCUT2D eigenvalue weighted by atomic mass is 9.87. The minimum Gasteiger partial charge on any atom is -0.465 e. The van der Waals surface area contributed by atoms with E-state index in [-0.39, 0.29) is 6.42 Å². The van der Waals surface area contributed by atoms with Crippen molar-refractivity contribution in [2.24, 2.45) is 0 Å². The molecule has 3 rings (SSSR count). The normalized spacial score (nSPS) is 12.5. The first kappa shape index (κ1) is 20.1. The van der Waals surface area contributed by atoms with Crippen molar-refractivity contribution in [3.05, 3.63) is 102 Å². The quantitative estimate of drug-likeness (QED) is 0.430. The molecule has 3 aromatic carbocycles. The van der Waals surface area contributed by atoms with E-state index in [0.717, 1.165) is 5.56 Å². The highest BCUT2D eigenvalue weighted by Gasteiger charge is 2.34. The molecule has 0 aliphatic carbocycles. The van der Waals surface area contributed by atoms with Crippen LogP contribution < -0.4 is 4.74 Å². The van der Waals surface area contributed by atoms with Crippen LogP contribution in [0.15, 0.2) is 84.9 Å². The monoisotopic (exact) mass is 390 g/mol. The molecule has 0 N–H and O–H groups in total. The number of para-hydroxylation sites is 1. The molecule has 0 bridgehead atoms. The molecular formula is C24H22O5. The van der Waals surface area contributed by atoms with E-state index in [2.05, 4.69) is 0 Å². The third-order valence-electron chi connectivity index (χ3n) is 4.59. The first-order chi connectivity index (χ1) is 14.0. The molecular weight excluding hydrogens is 368 g/mol. The highest BCUT2D eigenvalue weighted by molar-refractivity contribution is 5.91. The fourth-order valence-electron chi connectivity index (χ4n) is 3.12. The van der Waals surface area contributed by atoms with Crippen LogP contribution in [0, 0.1) is 0 Å². The molecule has 1 atom stereocenters. The first-order valence-electron chi connectivity index (χ1n) is 9.19. The van der Waals surface area contributed by atoms with Gasteiger partial charge in [-0.1, -0.05) is 66.7 Å². The van der Waals surface area contributed by atoms with Crippen LogP contribution in [-0.2, 0) is 21.5 Å². The number of hydrogen-bond acceptors (Lipinski definition) is 5. The molecule has 148 valence electrons. The van der Waals surface area contributed by atoms with Crippen LogP contribution in [0.5, 0.6) is 5.75 Å². The fraction of sp³-hybridized carbons (Fsp3) is 0.167. The van der Waals surface area contributed by atoms with Crippen LogP contribution in [0.2, 0.25) is 0 Å². The van der Waals surface area contributed by atoms with Crippen molar-refractivity contribution in [2.75, 3.05) is 7.11 Å². The summed E-state index contributed by atoms with van der Waals surface area (Å²) in [6.07, 6.45) is -0.551. The van der Waals surface area contributed by atoms with Crippen LogP contribution in [0.4, 0.5) is 4.79 Å². The molecule has 0 aliphatic heterocycles. The van der Waals surface area contributed by atoms with Crippen LogP contribution >= 0.6 is 0 Å². The SMILES string of the molecule is COC(=O)c1ccccc1CC(C)(OC(=O)Oc1ccccc1)c1ccccc1. The minimum absolute atomic E-state index is 0.270. The zero-order valence-corrected chi connectivity index (χ0v) is 16.3. The lowest BCUT2D eigenvalue weighted by molar-refractivity contribution is -0.00582. The van der Waals surface area contributed by atoms with Gasteiger partial charge in [0.1, 0.15) is 11.4 Å². The maximum Gasteiger partial charge on any atom is 0.514 e. The Hall–Kier alpha value is -3.60. The van der Waals surface area contributed by atoms with Crippen molar-refractivity contribution in [1.82, 2.24) is 0 Å². The molecule has 29 heavy (non-hydrogen) atoms. The number of carbonyl (C=O) groups is 2. The Labute approximate surface area is 169 Å². The number of hydrogen-bond donors (Lipinski definition) is 0. The third kappa shape index (κ3) is 5.02. The Bertz CT molecular complexity index is 969. The summed E-state index contributed by atoms with van der Waals surface area (Å²) in [7, 11) is 1.34. The van der Waals surface area contributed by atoms with Gasteiger partial charge in [0.05, 0.1) is 12.7 Å². The maximum absolute atomic E-state index is 12.5. The van der Waals surface area contributed by atoms with E-state index >= 15 is 0 Å². The summed E-state index contributed by atoms with van der Waals surface area (Å²) in [4.78, 5) is 24.7. The molecule has 0 saturated carbocycles. The summed E-state index contributed by atoms with van der Waals surface area (Å²) in [5.41, 5.74) is 0.858. The predicted octanol–water partition coefficient (Wildman–Crippen LogP) is 5.15. The van der Waals surface area contributed by atoms with E-state index in [1.807, 2.05) is 48.5 Å². The van der Waals surface area contributed by atoms with E-state index in [1.165, 1.54) is 7.11 Å². The van der Waals surface area contributed by atoms with Gasteiger partial charge in [0, 0.05) is 6.42 Å². The average molecular weight is 390 g/mol. The van der Waals surface area contributed by atoms with Crippen molar-refractivity contribution in [1.29, 1.82) is 0 Å². The molecule has 0 amide bonds. The number of rotatable bonds is 6. The number of esters is 1. The van der Waals surface area contributed by atoms with E-state index < -0.39 is 17.7 Å². The lowest BCUT2D eigenvalue weighted by Crippen LogP contribution is -2.33. The lowest BCUT2D eigenvalue weighted by Gasteiger charge is -2.30. The van der Waals surface area contributed by atoms with Crippen LogP contribution in [-0.4, -0.2) is 19.2 Å². The first-order valence-corrected chi connectivity index (χ1v) is 9.19. The predicted molar refractivity (Wildman–Crippen MR) is 109 cm³/mol. The summed E-state index contributed by atoms with van der Waals surface area (Å²) in [6.45, 7) is 1.79. The molecule has 0 saturated heterocycles. The summed E-state index contributed by atoms with van der Waals surface area (Å²) in [5, 5.41) is 0. The Morgan fingerprint density at radius 1 is 0.828 bits per heavy atom. The smallest absolute Gasteiger partial charge is 0.465 e. The number of benzene rings is 3. The Morgan fingerprint density at radius 3 is 2.07 bits per heavy atom. The van der Waals surface area contributed by atoms with Gasteiger partial charge in [0.15, 0.2) is 0 Å². The largest absolute Gasteiger partial charge is 0.514 e. The van der Waals surface area contributed by atoms with E-state index in [0.29, 0.717) is 16.9 Å². The zero-order chi connectivity index (χ0) is 20.7. The van der Waals surface area contributed by atoms with E-state index in [9.17, 15) is 9.59 Å². The number of methoxy groups -OCH3 is 1. The summed E-state index contributed by atoms with van der Waals surface area (Å²) >= 11 is 0. The molecule has 0 aliphatic rings. The summed E-state index contributed by atoms with van der Waals surface area (Å²) < 4.78 is 16.0. The Morgan fingerprint density at radius 2 is 1.41 bits per heavy atom. The molecule has 0 aromatic heterocycles. The van der Waals surface area contributed by atoms with Crippen molar-refractivity contribution in [2.45, 2.75) is 18.9 Å². The van der Waals surface area contributed by atoms with Crippen molar-refractivity contribution in [3.8, 4) is 5.75 Å². The second-order valence-corrected chi connectivity index (χ2v) is 6.69. The van der Waals surface area contributed by atoms with Gasteiger partial charge in [-0.25, -0.2) is 9.59 Å². The van der Waals surface area contributed by atoms with Gasteiger partial charge >= 0.3 is 12.1 Å². The van der Waals surface area contributed by atoms with E-state index in [1.54, 1.807) is 43.3 Å². The van der Waals surface area contributed by atoms with Crippen molar-refractivity contribution < 1.29 is 23.8 Å². The van der Waals surface area contributed by atoms with Gasteiger partial charge in [0.2, 0.25) is 0 Å². The number of ether oxygens (including phenoxy) is 3. The number of carbonyl (C=O) groups excluding carboxylic acids is 2. The topological polar surface area (TPSA) is 61.8 Å². The molecule has 5 heteroatoms. The van der Waals surface area contributed by atoms with Gasteiger partial charge < -0.3 is 14.2 Å². The molecule has 5 nitrogen and oxygen atoms in total. The molecule has 0 spiro atoms. The Kier molecular flexibility index (Phi) is 6.29. The van der Waals surface area contributed by atoms with E-state index in [4.69, 9.17) is 14.2 Å². The molecule has 1 unspecified atom stereocenters. The van der Waals surface area contributed by atoms with Crippen molar-refractivity contribution in [3.63, 3.8) is 0 Å². The molecule has 0 heterocycles. The van der Waals surface area contributed by atoms with Crippen molar-refractivity contribution >= 4 is 12.1 Å². The second-order valence-electron chi connectivity index (χ2n) is 6.69. The standard InChI is InChI=1S/C24H22O5/c1-24(19-12-5-3-6-13-19,29-23(26)28-20-14-7-4-8-15-20)17-18-11-9-10-16-21(18)22(25)27-2/h3-16H,17H2,1-2H3. The van der Waals surface area contributed by atoms with Gasteiger partial charge in [0.25, 0.3) is 0 Å². The van der Waals surface area contributed by atoms with Gasteiger partial charge in [-0.3, -0.25) is 0 Å². The molecule has 3 aromatic rings. The summed E-state index contributed by atoms with van der Waals surface area (Å²) in [6, 6.07) is 25.2. The third-order valence-corrected chi connectivity index (χ3v) is 4.59. The second kappa shape index (κ2) is 9.06. The maximum atomic E-state index is 12.5. The highest BCUT2D eigenvalue weighted by Crippen LogP contribution is 2.32. The van der Waals surface area contributed by atoms with Gasteiger partial charge in [-0.2, -0.15) is 0 Å². The average Bonchev–Trinajstić information content (AvgIpc) is 2.74.